The Labute approximate surface area is 165 Å². The Bertz CT molecular complexity index is 919. The minimum absolute atomic E-state index is 0.193. The fourth-order valence-electron chi connectivity index (χ4n) is 3.23. The third-order valence-corrected chi connectivity index (χ3v) is 4.94. The molecule has 1 aliphatic rings. The molecule has 146 valence electrons. The second-order valence-corrected chi connectivity index (χ2v) is 7.22. The molecule has 1 amide bonds. The first-order chi connectivity index (χ1) is 13.4. The lowest BCUT2D eigenvalue weighted by atomic mass is 10.2. The third-order valence-electron chi connectivity index (χ3n) is 4.94. The summed E-state index contributed by atoms with van der Waals surface area (Å²) >= 11 is 0. The van der Waals surface area contributed by atoms with Crippen LogP contribution in [0, 0.1) is 25.2 Å². The van der Waals surface area contributed by atoms with E-state index in [1.54, 1.807) is 20.2 Å². The highest BCUT2D eigenvalue weighted by atomic mass is 16.2. The highest BCUT2D eigenvalue weighted by Crippen LogP contribution is 2.24. The number of carbonyl (C=O) groups is 1. The van der Waals surface area contributed by atoms with Gasteiger partial charge in [-0.05, 0) is 32.4 Å². The first kappa shape index (κ1) is 19.7. The van der Waals surface area contributed by atoms with E-state index in [-0.39, 0.29) is 17.8 Å². The number of nitrogens with zero attached hydrogens (tertiary/aromatic N) is 6. The van der Waals surface area contributed by atoms with E-state index in [9.17, 15) is 4.79 Å². The van der Waals surface area contributed by atoms with E-state index in [1.165, 1.54) is 4.90 Å². The van der Waals surface area contributed by atoms with Crippen LogP contribution >= 0.6 is 0 Å². The maximum absolute atomic E-state index is 12.3. The Hall–Kier alpha value is -3.05. The molecular formula is C20H25N7O. The van der Waals surface area contributed by atoms with Gasteiger partial charge in [0, 0.05) is 51.0 Å². The summed E-state index contributed by atoms with van der Waals surface area (Å²) in [5.41, 5.74) is 3.10. The lowest BCUT2D eigenvalue weighted by molar-refractivity contribution is 0.0815. The second kappa shape index (κ2) is 8.31. The largest absolute Gasteiger partial charge is 0.355 e. The molecule has 3 heterocycles. The van der Waals surface area contributed by atoms with Crippen molar-refractivity contribution in [3.63, 3.8) is 0 Å². The van der Waals surface area contributed by atoms with Gasteiger partial charge in [0.1, 0.15) is 17.6 Å². The van der Waals surface area contributed by atoms with E-state index in [0.29, 0.717) is 12.2 Å². The van der Waals surface area contributed by atoms with Crippen molar-refractivity contribution in [2.45, 2.75) is 32.9 Å². The van der Waals surface area contributed by atoms with E-state index in [1.807, 2.05) is 26.0 Å². The molecule has 1 saturated heterocycles. The van der Waals surface area contributed by atoms with E-state index in [2.05, 4.69) is 31.2 Å². The maximum atomic E-state index is 12.3. The molecular weight excluding hydrogens is 354 g/mol. The van der Waals surface area contributed by atoms with Gasteiger partial charge in [0.2, 0.25) is 5.82 Å². The van der Waals surface area contributed by atoms with Gasteiger partial charge < -0.3 is 15.1 Å². The minimum Gasteiger partial charge on any atom is -0.355 e. The highest BCUT2D eigenvalue weighted by Gasteiger charge is 2.26. The first-order valence-corrected chi connectivity index (χ1v) is 9.30. The summed E-state index contributed by atoms with van der Waals surface area (Å²) in [4.78, 5) is 29.2. The number of carbonyl (C=O) groups excluding carboxylic acids is 1. The molecule has 0 aromatic carbocycles. The van der Waals surface area contributed by atoms with Crippen LogP contribution in [0.4, 0.5) is 5.82 Å². The standard InChI is InChI=1S/C20H25N7O/c1-13-14(2)23-18(20(28)26(3)4)25-19(13)27-9-8-17(12-27)22-11-16-7-5-6-15(10-21)24-16/h5-7,17,22H,8-9,11-12H2,1-4H3/t17-/m1/s1. The molecule has 0 unspecified atom stereocenters. The van der Waals surface area contributed by atoms with Crippen molar-refractivity contribution in [2.75, 3.05) is 32.1 Å². The third kappa shape index (κ3) is 4.26. The number of hydrogen-bond donors (Lipinski definition) is 1. The maximum Gasteiger partial charge on any atom is 0.291 e. The van der Waals surface area contributed by atoms with Gasteiger partial charge in [0.25, 0.3) is 5.91 Å². The van der Waals surface area contributed by atoms with Crippen molar-refractivity contribution in [1.82, 2.24) is 25.2 Å². The molecule has 1 N–H and O–H groups in total. The zero-order valence-corrected chi connectivity index (χ0v) is 16.7. The fourth-order valence-corrected chi connectivity index (χ4v) is 3.23. The van der Waals surface area contributed by atoms with E-state index in [4.69, 9.17) is 5.26 Å². The van der Waals surface area contributed by atoms with Crippen molar-refractivity contribution in [3.05, 3.63) is 46.7 Å². The molecule has 28 heavy (non-hydrogen) atoms. The zero-order chi connectivity index (χ0) is 20.3. The number of aromatic nitrogens is 3. The molecule has 0 saturated carbocycles. The Kier molecular flexibility index (Phi) is 5.85. The molecule has 8 nitrogen and oxygen atoms in total. The fraction of sp³-hybridized carbons (Fsp3) is 0.450. The monoisotopic (exact) mass is 379 g/mol. The van der Waals surface area contributed by atoms with Crippen LogP contribution in [-0.4, -0.2) is 59.0 Å². The smallest absolute Gasteiger partial charge is 0.291 e. The van der Waals surface area contributed by atoms with Gasteiger partial charge in [-0.1, -0.05) is 6.07 Å². The summed E-state index contributed by atoms with van der Waals surface area (Å²) in [6.45, 7) is 6.17. The van der Waals surface area contributed by atoms with Crippen LogP contribution in [0.25, 0.3) is 0 Å². The van der Waals surface area contributed by atoms with Gasteiger partial charge in [-0.25, -0.2) is 15.0 Å². The van der Waals surface area contributed by atoms with Crippen molar-refractivity contribution >= 4 is 11.7 Å². The van der Waals surface area contributed by atoms with Gasteiger partial charge in [0.15, 0.2) is 0 Å². The molecule has 1 fully saturated rings. The van der Waals surface area contributed by atoms with Crippen molar-refractivity contribution in [1.29, 1.82) is 5.26 Å². The normalized spacial score (nSPS) is 16.1. The predicted molar refractivity (Wildman–Crippen MR) is 106 cm³/mol. The average Bonchev–Trinajstić information content (AvgIpc) is 3.16. The van der Waals surface area contributed by atoms with Crippen LogP contribution in [0.3, 0.4) is 0 Å². The van der Waals surface area contributed by atoms with E-state index in [0.717, 1.165) is 42.3 Å². The van der Waals surface area contributed by atoms with Crippen LogP contribution < -0.4 is 10.2 Å². The number of anilines is 1. The van der Waals surface area contributed by atoms with Crippen LogP contribution in [-0.2, 0) is 6.54 Å². The molecule has 0 aliphatic carbocycles. The summed E-state index contributed by atoms with van der Waals surface area (Å²) in [5, 5.41) is 12.5. The molecule has 0 bridgehead atoms. The van der Waals surface area contributed by atoms with Crippen molar-refractivity contribution < 1.29 is 4.79 Å². The first-order valence-electron chi connectivity index (χ1n) is 9.30. The quantitative estimate of drug-likeness (QED) is 0.839. The average molecular weight is 379 g/mol. The number of nitriles is 1. The summed E-state index contributed by atoms with van der Waals surface area (Å²) < 4.78 is 0. The van der Waals surface area contributed by atoms with E-state index >= 15 is 0 Å². The molecule has 2 aromatic rings. The lowest BCUT2D eigenvalue weighted by Gasteiger charge is -2.22. The highest BCUT2D eigenvalue weighted by molar-refractivity contribution is 5.90. The van der Waals surface area contributed by atoms with Gasteiger partial charge in [-0.3, -0.25) is 4.79 Å². The number of aryl methyl sites for hydroxylation is 1. The van der Waals surface area contributed by atoms with E-state index < -0.39 is 0 Å². The Balaban J connectivity index is 1.69. The number of rotatable bonds is 5. The van der Waals surface area contributed by atoms with Gasteiger partial charge >= 0.3 is 0 Å². The topological polar surface area (TPSA) is 98.0 Å². The lowest BCUT2D eigenvalue weighted by Crippen LogP contribution is -2.33. The summed E-state index contributed by atoms with van der Waals surface area (Å²) in [5.74, 6) is 0.866. The minimum atomic E-state index is -0.193. The van der Waals surface area contributed by atoms with Gasteiger partial charge in [0.05, 0.1) is 5.69 Å². The Morgan fingerprint density at radius 3 is 2.82 bits per heavy atom. The Morgan fingerprint density at radius 1 is 1.32 bits per heavy atom. The molecule has 8 heteroatoms. The number of hydrogen-bond acceptors (Lipinski definition) is 7. The Morgan fingerprint density at radius 2 is 2.11 bits per heavy atom. The van der Waals surface area contributed by atoms with Crippen molar-refractivity contribution in [2.24, 2.45) is 0 Å². The number of nitrogens with one attached hydrogen (secondary N) is 1. The molecule has 0 radical (unpaired) electrons. The van der Waals surface area contributed by atoms with Gasteiger partial charge in [-0.15, -0.1) is 0 Å². The summed E-state index contributed by atoms with van der Waals surface area (Å²) in [6, 6.07) is 7.82. The predicted octanol–water partition coefficient (Wildman–Crippen LogP) is 1.43. The summed E-state index contributed by atoms with van der Waals surface area (Å²) in [6.07, 6.45) is 0.970. The van der Waals surface area contributed by atoms with Crippen LogP contribution in [0.5, 0.6) is 0 Å². The van der Waals surface area contributed by atoms with Crippen LogP contribution in [0.15, 0.2) is 18.2 Å². The number of amides is 1. The molecule has 3 rings (SSSR count). The molecule has 2 aromatic heterocycles. The van der Waals surface area contributed by atoms with Crippen LogP contribution in [0.2, 0.25) is 0 Å². The second-order valence-electron chi connectivity index (χ2n) is 7.22. The molecule has 0 spiro atoms. The number of pyridine rings is 1. The van der Waals surface area contributed by atoms with Gasteiger partial charge in [-0.2, -0.15) is 5.26 Å². The molecule has 1 atom stereocenters. The van der Waals surface area contributed by atoms with Crippen LogP contribution in [0.1, 0.15) is 39.7 Å². The zero-order valence-electron chi connectivity index (χ0n) is 16.7. The molecule has 1 aliphatic heterocycles. The summed E-state index contributed by atoms with van der Waals surface area (Å²) in [7, 11) is 3.40. The SMILES string of the molecule is Cc1nc(C(=O)N(C)C)nc(N2CC[C@@H](NCc3cccc(C#N)n3)C2)c1C. The van der Waals surface area contributed by atoms with Crippen molar-refractivity contribution in [3.8, 4) is 6.07 Å².